The molecule has 0 spiro atoms. The van der Waals surface area contributed by atoms with E-state index < -0.39 is 24.9 Å². The van der Waals surface area contributed by atoms with Gasteiger partial charge < -0.3 is 20.4 Å². The fourth-order valence-electron chi connectivity index (χ4n) is 2.73. The average Bonchev–Trinajstić information content (AvgIpc) is 3.05. The average molecular weight is 334 g/mol. The maximum Gasteiger partial charge on any atom is 0.262 e. The Hall–Kier alpha value is -2.33. The van der Waals surface area contributed by atoms with Gasteiger partial charge in [0, 0.05) is 6.54 Å². The van der Waals surface area contributed by atoms with E-state index in [2.05, 4.69) is 10.2 Å². The van der Waals surface area contributed by atoms with Crippen molar-refractivity contribution in [2.75, 3.05) is 6.61 Å². The summed E-state index contributed by atoms with van der Waals surface area (Å²) in [5.74, 6) is 0.198. The Morgan fingerprint density at radius 1 is 1.17 bits per heavy atom. The van der Waals surface area contributed by atoms with E-state index in [1.807, 2.05) is 0 Å². The summed E-state index contributed by atoms with van der Waals surface area (Å²) in [6, 6.07) is 6.78. The van der Waals surface area contributed by atoms with E-state index in [9.17, 15) is 20.1 Å². The zero-order chi connectivity index (χ0) is 17.4. The van der Waals surface area contributed by atoms with E-state index in [-0.39, 0.29) is 17.2 Å². The second kappa shape index (κ2) is 6.29. The van der Waals surface area contributed by atoms with Gasteiger partial charge in [-0.1, -0.05) is 12.1 Å². The van der Waals surface area contributed by atoms with Gasteiger partial charge in [0.1, 0.15) is 18.3 Å². The third-order valence-electron chi connectivity index (χ3n) is 4.02. The number of para-hydroxylation sites is 1. The van der Waals surface area contributed by atoms with Gasteiger partial charge in [-0.2, -0.15) is 0 Å². The van der Waals surface area contributed by atoms with Crippen LogP contribution in [0.15, 0.2) is 29.1 Å². The molecule has 0 amide bonds. The molecular weight excluding hydrogens is 316 g/mol. The maximum absolute atomic E-state index is 12.5. The Balaban J connectivity index is 2.32. The Labute approximate surface area is 136 Å². The summed E-state index contributed by atoms with van der Waals surface area (Å²) in [4.78, 5) is 12.5. The number of benzene rings is 1. The molecule has 4 N–H and O–H groups in total. The molecule has 0 saturated heterocycles. The van der Waals surface area contributed by atoms with Crippen molar-refractivity contribution in [3.63, 3.8) is 0 Å². The molecule has 0 aliphatic carbocycles. The molecule has 0 radical (unpaired) electrons. The van der Waals surface area contributed by atoms with Crippen LogP contribution in [0, 0.1) is 0 Å². The number of aliphatic hydroxyl groups is 4. The summed E-state index contributed by atoms with van der Waals surface area (Å²) in [6.45, 7) is 1.42. The van der Waals surface area contributed by atoms with Crippen molar-refractivity contribution in [1.29, 1.82) is 0 Å². The summed E-state index contributed by atoms with van der Waals surface area (Å²) in [6.07, 6.45) is -4.77. The number of aliphatic hydroxyl groups excluding tert-OH is 4. The van der Waals surface area contributed by atoms with Gasteiger partial charge in [0.15, 0.2) is 5.82 Å². The number of aromatic nitrogens is 4. The Morgan fingerprint density at radius 2 is 1.88 bits per heavy atom. The SMILES string of the molecule is CCn1c(=O)c2ccccc2n2c([C@H](O)[C@@H](O)[C@H](O)CO)nnc12. The summed E-state index contributed by atoms with van der Waals surface area (Å²) in [5, 5.41) is 47.0. The molecule has 128 valence electrons. The molecule has 1 aromatic carbocycles. The first kappa shape index (κ1) is 16.5. The third-order valence-corrected chi connectivity index (χ3v) is 4.02. The second-order valence-electron chi connectivity index (χ2n) is 5.45. The molecule has 3 atom stereocenters. The first-order valence-corrected chi connectivity index (χ1v) is 7.52. The van der Waals surface area contributed by atoms with E-state index in [0.29, 0.717) is 17.4 Å². The number of hydrogen-bond acceptors (Lipinski definition) is 7. The molecule has 0 bridgehead atoms. The van der Waals surface area contributed by atoms with Crippen molar-refractivity contribution in [1.82, 2.24) is 19.2 Å². The predicted molar refractivity (Wildman–Crippen MR) is 84.5 cm³/mol. The van der Waals surface area contributed by atoms with Crippen molar-refractivity contribution < 1.29 is 20.4 Å². The quantitative estimate of drug-likeness (QED) is 0.461. The van der Waals surface area contributed by atoms with E-state index in [4.69, 9.17) is 5.11 Å². The van der Waals surface area contributed by atoms with Crippen LogP contribution in [0.1, 0.15) is 18.9 Å². The van der Waals surface area contributed by atoms with Gasteiger partial charge in [-0.25, -0.2) is 0 Å². The van der Waals surface area contributed by atoms with Gasteiger partial charge in [-0.15, -0.1) is 10.2 Å². The highest BCUT2D eigenvalue weighted by atomic mass is 16.4. The minimum Gasteiger partial charge on any atom is -0.394 e. The van der Waals surface area contributed by atoms with Gasteiger partial charge >= 0.3 is 0 Å². The lowest BCUT2D eigenvalue weighted by Gasteiger charge is -2.20. The molecule has 9 nitrogen and oxygen atoms in total. The van der Waals surface area contributed by atoms with Crippen LogP contribution >= 0.6 is 0 Å². The van der Waals surface area contributed by atoms with E-state index in [1.54, 1.807) is 31.2 Å². The van der Waals surface area contributed by atoms with Crippen molar-refractivity contribution in [3.8, 4) is 0 Å². The molecule has 3 aromatic rings. The molecular formula is C15H18N4O5. The molecule has 0 fully saturated rings. The van der Waals surface area contributed by atoms with Crippen molar-refractivity contribution in [2.24, 2.45) is 0 Å². The number of hydrogen-bond donors (Lipinski definition) is 4. The highest BCUT2D eigenvalue weighted by Gasteiger charge is 2.30. The van der Waals surface area contributed by atoms with E-state index in [1.165, 1.54) is 8.97 Å². The molecule has 9 heteroatoms. The van der Waals surface area contributed by atoms with Crippen LogP contribution in [-0.2, 0) is 6.54 Å². The molecule has 0 aliphatic heterocycles. The molecule has 3 rings (SSSR count). The number of nitrogens with zero attached hydrogens (tertiary/aromatic N) is 4. The molecule has 2 aromatic heterocycles. The minimum atomic E-state index is -1.65. The molecule has 2 heterocycles. The highest BCUT2D eigenvalue weighted by Crippen LogP contribution is 2.22. The van der Waals surface area contributed by atoms with Crippen molar-refractivity contribution in [2.45, 2.75) is 31.8 Å². The van der Waals surface area contributed by atoms with Crippen LogP contribution in [-0.4, -0.2) is 58.4 Å². The molecule has 0 unspecified atom stereocenters. The first-order chi connectivity index (χ1) is 11.5. The van der Waals surface area contributed by atoms with Crippen molar-refractivity contribution >= 4 is 16.7 Å². The second-order valence-corrected chi connectivity index (χ2v) is 5.45. The van der Waals surface area contributed by atoms with Gasteiger partial charge in [0.05, 0.1) is 17.5 Å². The summed E-state index contributed by atoms with van der Waals surface area (Å²) in [7, 11) is 0. The maximum atomic E-state index is 12.5. The Bertz CT molecular complexity index is 935. The number of aryl methyl sites for hydroxylation is 1. The standard InChI is InChI=1S/C15H18N4O5/c1-2-18-14(24)8-5-3-4-6-9(8)19-13(16-17-15(18)19)12(23)11(22)10(21)7-20/h3-6,10-12,20-23H,2,7H2,1H3/t10-,11+,12-/m1/s1. The van der Waals surface area contributed by atoms with Gasteiger partial charge in [-0.05, 0) is 19.1 Å². The topological polar surface area (TPSA) is 133 Å². The monoisotopic (exact) mass is 334 g/mol. The van der Waals surface area contributed by atoms with Crippen LogP contribution in [0.3, 0.4) is 0 Å². The minimum absolute atomic E-state index is 0.0246. The molecule has 0 saturated carbocycles. The van der Waals surface area contributed by atoms with Crippen LogP contribution < -0.4 is 5.56 Å². The van der Waals surface area contributed by atoms with E-state index >= 15 is 0 Å². The number of fused-ring (bicyclic) bond motifs is 3. The highest BCUT2D eigenvalue weighted by molar-refractivity contribution is 5.80. The van der Waals surface area contributed by atoms with Crippen LogP contribution in [0.5, 0.6) is 0 Å². The van der Waals surface area contributed by atoms with Crippen LogP contribution in [0.4, 0.5) is 0 Å². The fraction of sp³-hybridized carbons (Fsp3) is 0.400. The van der Waals surface area contributed by atoms with E-state index in [0.717, 1.165) is 0 Å². The third kappa shape index (κ3) is 2.38. The normalized spacial score (nSPS) is 15.7. The number of rotatable bonds is 5. The van der Waals surface area contributed by atoms with Gasteiger partial charge in [0.25, 0.3) is 5.56 Å². The summed E-state index contributed by atoms with van der Waals surface area (Å²) >= 11 is 0. The lowest BCUT2D eigenvalue weighted by molar-refractivity contribution is -0.0805. The molecule has 24 heavy (non-hydrogen) atoms. The Kier molecular flexibility index (Phi) is 4.33. The van der Waals surface area contributed by atoms with Crippen LogP contribution in [0.2, 0.25) is 0 Å². The first-order valence-electron chi connectivity index (χ1n) is 7.52. The smallest absolute Gasteiger partial charge is 0.262 e. The van der Waals surface area contributed by atoms with Crippen LogP contribution in [0.25, 0.3) is 16.7 Å². The lowest BCUT2D eigenvalue weighted by Crippen LogP contribution is -2.35. The summed E-state index contributed by atoms with van der Waals surface area (Å²) < 4.78 is 2.87. The zero-order valence-corrected chi connectivity index (χ0v) is 12.9. The summed E-state index contributed by atoms with van der Waals surface area (Å²) in [5.41, 5.74) is 0.247. The fourth-order valence-corrected chi connectivity index (χ4v) is 2.73. The van der Waals surface area contributed by atoms with Gasteiger partial charge in [0.2, 0.25) is 5.78 Å². The largest absolute Gasteiger partial charge is 0.394 e. The Morgan fingerprint density at radius 3 is 2.54 bits per heavy atom. The molecule has 0 aliphatic rings. The van der Waals surface area contributed by atoms with Gasteiger partial charge in [-0.3, -0.25) is 13.8 Å². The van der Waals surface area contributed by atoms with Crippen molar-refractivity contribution in [3.05, 3.63) is 40.4 Å². The lowest BCUT2D eigenvalue weighted by atomic mass is 10.1. The zero-order valence-electron chi connectivity index (χ0n) is 12.9. The predicted octanol–water partition coefficient (Wildman–Crippen LogP) is -1.19.